The minimum absolute atomic E-state index is 0.000544. The fourth-order valence-electron chi connectivity index (χ4n) is 4.65. The van der Waals surface area contributed by atoms with E-state index in [1.807, 2.05) is 13.0 Å². The van der Waals surface area contributed by atoms with E-state index in [2.05, 4.69) is 9.80 Å². The summed E-state index contributed by atoms with van der Waals surface area (Å²) in [5.74, 6) is -1.40. The number of hydrogen-bond donors (Lipinski definition) is 1. The van der Waals surface area contributed by atoms with Crippen molar-refractivity contribution in [2.75, 3.05) is 42.5 Å². The Kier molecular flexibility index (Phi) is 8.18. The van der Waals surface area contributed by atoms with Crippen LogP contribution in [0.4, 0.5) is 15.9 Å². The van der Waals surface area contributed by atoms with E-state index in [0.29, 0.717) is 56.1 Å². The summed E-state index contributed by atoms with van der Waals surface area (Å²) < 4.78 is 15.1. The molecule has 38 heavy (non-hydrogen) atoms. The lowest BCUT2D eigenvalue weighted by molar-refractivity contribution is -0.140. The number of anilines is 2. The standard InChI is InChI=1S/C26H26FN5O4S2/c1-3-8-31-23(30-11-9-29(10-12-30)18-6-4-17(27)5-7-18)19(16(2)20(14-28)24(31)35)13-21-25(36)32(15-22(33)34)26(37)38-21/h4-7,13H,3,8-12,15H2,1-2H3,(H,33,34). The van der Waals surface area contributed by atoms with E-state index in [-0.39, 0.29) is 20.6 Å². The minimum atomic E-state index is -1.18. The molecule has 0 aliphatic carbocycles. The Bertz CT molecular complexity index is 1420. The first-order chi connectivity index (χ1) is 18.2. The van der Waals surface area contributed by atoms with Gasteiger partial charge in [0.2, 0.25) is 0 Å². The van der Waals surface area contributed by atoms with Gasteiger partial charge < -0.3 is 14.9 Å². The van der Waals surface area contributed by atoms with Gasteiger partial charge in [-0.15, -0.1) is 0 Å². The number of piperazine rings is 1. The van der Waals surface area contributed by atoms with Crippen molar-refractivity contribution >= 4 is 57.8 Å². The van der Waals surface area contributed by atoms with Gasteiger partial charge in [-0.3, -0.25) is 23.9 Å². The molecule has 1 aromatic carbocycles. The van der Waals surface area contributed by atoms with E-state index in [1.165, 1.54) is 12.1 Å². The number of carbonyl (C=O) groups excluding carboxylic acids is 1. The Labute approximate surface area is 228 Å². The zero-order valence-electron chi connectivity index (χ0n) is 20.9. The fraction of sp³-hybridized carbons (Fsp3) is 0.346. The number of aliphatic carboxylic acids is 1. The highest BCUT2D eigenvalue weighted by Crippen LogP contribution is 2.36. The summed E-state index contributed by atoms with van der Waals surface area (Å²) >= 11 is 6.24. The number of carboxylic acid groups (broad SMARTS) is 1. The maximum Gasteiger partial charge on any atom is 0.323 e. The molecule has 2 aliphatic heterocycles. The van der Waals surface area contributed by atoms with Crippen LogP contribution in [-0.2, 0) is 16.1 Å². The molecule has 1 aromatic heterocycles. The van der Waals surface area contributed by atoms with Gasteiger partial charge in [0, 0.05) is 44.0 Å². The highest BCUT2D eigenvalue weighted by atomic mass is 32.2. The third-order valence-electron chi connectivity index (χ3n) is 6.51. The summed E-state index contributed by atoms with van der Waals surface area (Å²) in [5.41, 5.74) is 1.51. The summed E-state index contributed by atoms with van der Waals surface area (Å²) in [6, 6.07) is 8.32. The molecule has 0 bridgehead atoms. The van der Waals surface area contributed by atoms with Crippen LogP contribution in [0, 0.1) is 24.1 Å². The van der Waals surface area contributed by atoms with Gasteiger partial charge in [-0.2, -0.15) is 5.26 Å². The first-order valence-corrected chi connectivity index (χ1v) is 13.3. The van der Waals surface area contributed by atoms with E-state index in [9.17, 15) is 24.0 Å². The van der Waals surface area contributed by atoms with Crippen LogP contribution < -0.4 is 15.4 Å². The minimum Gasteiger partial charge on any atom is -0.480 e. The van der Waals surface area contributed by atoms with Crippen molar-refractivity contribution in [3.63, 3.8) is 0 Å². The van der Waals surface area contributed by atoms with Crippen molar-refractivity contribution in [1.29, 1.82) is 5.26 Å². The van der Waals surface area contributed by atoms with Gasteiger partial charge in [-0.25, -0.2) is 4.39 Å². The molecule has 0 atom stereocenters. The second-order valence-electron chi connectivity index (χ2n) is 8.92. The molecule has 2 fully saturated rings. The molecule has 2 aliphatic rings. The quantitative estimate of drug-likeness (QED) is 0.407. The number of thioether (sulfide) groups is 1. The monoisotopic (exact) mass is 555 g/mol. The molecule has 198 valence electrons. The molecule has 0 saturated carbocycles. The number of carbonyl (C=O) groups is 2. The summed E-state index contributed by atoms with van der Waals surface area (Å²) in [6.45, 7) is 5.78. The average molecular weight is 556 g/mol. The van der Waals surface area contributed by atoms with Crippen LogP contribution in [0.5, 0.6) is 0 Å². The second kappa shape index (κ2) is 11.4. The number of nitriles is 1. The fourth-order valence-corrected chi connectivity index (χ4v) is 5.88. The van der Waals surface area contributed by atoms with E-state index < -0.39 is 24.0 Å². The number of halogens is 1. The van der Waals surface area contributed by atoms with Crippen LogP contribution in [-0.4, -0.2) is 63.5 Å². The summed E-state index contributed by atoms with van der Waals surface area (Å²) in [5, 5.41) is 19.0. The van der Waals surface area contributed by atoms with Gasteiger partial charge in [0.15, 0.2) is 0 Å². The summed E-state index contributed by atoms with van der Waals surface area (Å²) in [6.07, 6.45) is 2.27. The van der Waals surface area contributed by atoms with Crippen molar-refractivity contribution in [2.24, 2.45) is 0 Å². The highest BCUT2D eigenvalue weighted by molar-refractivity contribution is 8.26. The zero-order valence-corrected chi connectivity index (χ0v) is 22.6. The predicted octanol–water partition coefficient (Wildman–Crippen LogP) is 3.19. The number of aromatic nitrogens is 1. The number of carboxylic acids is 1. The molecular formula is C26H26FN5O4S2. The molecule has 0 spiro atoms. The number of benzene rings is 1. The van der Waals surface area contributed by atoms with Crippen LogP contribution >= 0.6 is 24.0 Å². The summed E-state index contributed by atoms with van der Waals surface area (Å²) in [7, 11) is 0. The van der Waals surface area contributed by atoms with Gasteiger partial charge in [-0.1, -0.05) is 30.9 Å². The largest absolute Gasteiger partial charge is 0.480 e. The highest BCUT2D eigenvalue weighted by Gasteiger charge is 2.34. The van der Waals surface area contributed by atoms with Crippen molar-refractivity contribution in [2.45, 2.75) is 26.8 Å². The lowest BCUT2D eigenvalue weighted by atomic mass is 10.0. The Hall–Kier alpha value is -3.69. The molecule has 9 nitrogen and oxygen atoms in total. The van der Waals surface area contributed by atoms with Gasteiger partial charge in [0.1, 0.15) is 34.1 Å². The van der Waals surface area contributed by atoms with E-state index >= 15 is 0 Å². The molecular weight excluding hydrogens is 529 g/mol. The predicted molar refractivity (Wildman–Crippen MR) is 149 cm³/mol. The lowest BCUT2D eigenvalue weighted by Crippen LogP contribution is -2.48. The van der Waals surface area contributed by atoms with Crippen LogP contribution in [0.25, 0.3) is 6.08 Å². The average Bonchev–Trinajstić information content (AvgIpc) is 3.15. The molecule has 0 unspecified atom stereocenters. The Balaban J connectivity index is 1.78. The molecule has 1 amide bonds. The first kappa shape index (κ1) is 27.3. The second-order valence-corrected chi connectivity index (χ2v) is 10.6. The Morgan fingerprint density at radius 3 is 2.39 bits per heavy atom. The zero-order chi connectivity index (χ0) is 27.6. The SMILES string of the molecule is CCCn1c(N2CCN(c3ccc(F)cc3)CC2)c(C=C2SC(=S)N(CC(=O)O)C2=O)c(C)c(C#N)c1=O. The topological polar surface area (TPSA) is 110 Å². The van der Waals surface area contributed by atoms with E-state index in [1.54, 1.807) is 29.7 Å². The molecule has 0 radical (unpaired) electrons. The third-order valence-corrected chi connectivity index (χ3v) is 7.88. The smallest absolute Gasteiger partial charge is 0.323 e. The first-order valence-electron chi connectivity index (χ1n) is 12.1. The number of amides is 1. The Morgan fingerprint density at radius 2 is 1.82 bits per heavy atom. The number of rotatable bonds is 7. The molecule has 2 saturated heterocycles. The maximum absolute atomic E-state index is 13.4. The maximum atomic E-state index is 13.4. The van der Waals surface area contributed by atoms with E-state index in [4.69, 9.17) is 17.3 Å². The van der Waals surface area contributed by atoms with Gasteiger partial charge in [0.25, 0.3) is 11.5 Å². The van der Waals surface area contributed by atoms with Crippen LogP contribution in [0.1, 0.15) is 30.0 Å². The van der Waals surface area contributed by atoms with Crippen molar-refractivity contribution in [3.8, 4) is 6.07 Å². The van der Waals surface area contributed by atoms with Crippen molar-refractivity contribution in [1.82, 2.24) is 9.47 Å². The third kappa shape index (κ3) is 5.30. The van der Waals surface area contributed by atoms with Crippen LogP contribution in [0.2, 0.25) is 0 Å². The Morgan fingerprint density at radius 1 is 1.18 bits per heavy atom. The van der Waals surface area contributed by atoms with E-state index in [0.717, 1.165) is 22.3 Å². The van der Waals surface area contributed by atoms with Gasteiger partial charge >= 0.3 is 5.97 Å². The number of nitrogens with zero attached hydrogens (tertiary/aromatic N) is 5. The molecule has 2 aromatic rings. The summed E-state index contributed by atoms with van der Waals surface area (Å²) in [4.78, 5) is 43.0. The van der Waals surface area contributed by atoms with Crippen LogP contribution in [0.15, 0.2) is 34.0 Å². The van der Waals surface area contributed by atoms with Crippen LogP contribution in [0.3, 0.4) is 0 Å². The van der Waals surface area contributed by atoms with Crippen molar-refractivity contribution in [3.05, 3.63) is 62.0 Å². The number of pyridine rings is 1. The molecule has 1 N–H and O–H groups in total. The lowest BCUT2D eigenvalue weighted by Gasteiger charge is -2.39. The van der Waals surface area contributed by atoms with Gasteiger partial charge in [0.05, 0.1) is 4.91 Å². The normalized spacial score (nSPS) is 16.9. The number of thiocarbonyl (C=S) groups is 1. The molecule has 4 rings (SSSR count). The van der Waals surface area contributed by atoms with Gasteiger partial charge in [-0.05, 0) is 49.2 Å². The van der Waals surface area contributed by atoms with Crippen molar-refractivity contribution < 1.29 is 19.1 Å². The number of hydrogen-bond acceptors (Lipinski definition) is 8. The molecule has 12 heteroatoms. The molecule has 3 heterocycles.